The Morgan fingerprint density at radius 2 is 1.93 bits per heavy atom. The van der Waals surface area contributed by atoms with E-state index in [1.165, 1.54) is 18.3 Å². The van der Waals surface area contributed by atoms with E-state index in [2.05, 4.69) is 15.5 Å². The normalized spacial score (nSPS) is 10.9. The molecule has 0 atom stereocenters. The average molecular weight is 377 g/mol. The number of para-hydroxylation sites is 1. The predicted molar refractivity (Wildman–Crippen MR) is 104 cm³/mol. The van der Waals surface area contributed by atoms with Crippen LogP contribution >= 0.6 is 11.3 Å². The van der Waals surface area contributed by atoms with Gasteiger partial charge in [-0.05, 0) is 43.5 Å². The predicted octanol–water partition coefficient (Wildman–Crippen LogP) is 4.71. The van der Waals surface area contributed by atoms with Crippen LogP contribution < -0.4 is 5.32 Å². The molecule has 7 heteroatoms. The summed E-state index contributed by atoms with van der Waals surface area (Å²) in [6.07, 6.45) is 0. The lowest BCUT2D eigenvalue weighted by Gasteiger charge is -2.10. The lowest BCUT2D eigenvalue weighted by molar-refractivity contribution is 0.101. The molecular weight excluding hydrogens is 362 g/mol. The number of aromatic nitrogens is 2. The van der Waals surface area contributed by atoms with E-state index in [4.69, 9.17) is 4.52 Å². The highest BCUT2D eigenvalue weighted by Crippen LogP contribution is 2.30. The number of carbonyl (C=O) groups is 2. The Labute approximate surface area is 158 Å². The topological polar surface area (TPSA) is 85.1 Å². The molecule has 0 radical (unpaired) electrons. The number of ketones is 1. The molecule has 4 rings (SSSR count). The highest BCUT2D eigenvalue weighted by molar-refractivity contribution is 7.13. The molecule has 134 valence electrons. The third-order valence-electron chi connectivity index (χ3n) is 4.19. The second-order valence-electron chi connectivity index (χ2n) is 6.04. The Morgan fingerprint density at radius 3 is 2.67 bits per heavy atom. The number of amides is 1. The van der Waals surface area contributed by atoms with E-state index < -0.39 is 0 Å². The van der Waals surface area contributed by atoms with Crippen molar-refractivity contribution < 1.29 is 14.1 Å². The summed E-state index contributed by atoms with van der Waals surface area (Å²) in [5, 5.41) is 9.29. The van der Waals surface area contributed by atoms with E-state index in [0.717, 1.165) is 4.88 Å². The van der Waals surface area contributed by atoms with Gasteiger partial charge < -0.3 is 9.84 Å². The maximum Gasteiger partial charge on any atom is 0.259 e. The lowest BCUT2D eigenvalue weighted by Crippen LogP contribution is -2.15. The number of pyridine rings is 1. The molecule has 0 saturated heterocycles. The number of aryl methyl sites for hydroxylation is 1. The van der Waals surface area contributed by atoms with Gasteiger partial charge in [0.2, 0.25) is 0 Å². The molecule has 1 N–H and O–H groups in total. The number of rotatable bonds is 4. The van der Waals surface area contributed by atoms with Gasteiger partial charge in [-0.3, -0.25) is 9.59 Å². The van der Waals surface area contributed by atoms with Crippen LogP contribution in [0.5, 0.6) is 0 Å². The Bertz CT molecular complexity index is 1160. The maximum atomic E-state index is 13.1. The van der Waals surface area contributed by atoms with Crippen molar-refractivity contribution in [2.75, 3.05) is 5.32 Å². The highest BCUT2D eigenvalue weighted by Gasteiger charge is 2.20. The van der Waals surface area contributed by atoms with Crippen LogP contribution in [-0.2, 0) is 0 Å². The summed E-state index contributed by atoms with van der Waals surface area (Å²) < 4.78 is 5.30. The number of benzene rings is 1. The third-order valence-corrected chi connectivity index (χ3v) is 5.08. The van der Waals surface area contributed by atoms with Gasteiger partial charge in [0.25, 0.3) is 11.6 Å². The van der Waals surface area contributed by atoms with Gasteiger partial charge in [-0.15, -0.1) is 11.3 Å². The first-order valence-corrected chi connectivity index (χ1v) is 9.15. The summed E-state index contributed by atoms with van der Waals surface area (Å²) in [4.78, 5) is 30.3. The third kappa shape index (κ3) is 3.13. The molecule has 0 aliphatic carbocycles. The minimum absolute atomic E-state index is 0.119. The Morgan fingerprint density at radius 1 is 1.11 bits per heavy atom. The number of fused-ring (bicyclic) bond motifs is 1. The molecule has 27 heavy (non-hydrogen) atoms. The van der Waals surface area contributed by atoms with Crippen LogP contribution in [0, 0.1) is 6.92 Å². The van der Waals surface area contributed by atoms with Gasteiger partial charge in [-0.1, -0.05) is 23.4 Å². The average Bonchev–Trinajstić information content (AvgIpc) is 3.31. The Kier molecular flexibility index (Phi) is 4.29. The van der Waals surface area contributed by atoms with Crippen molar-refractivity contribution in [3.63, 3.8) is 0 Å². The molecule has 0 fully saturated rings. The number of Topliss-reactive ketones (excluding diaryl/α,β-unsaturated/α-hetero) is 1. The number of hydrogen-bond acceptors (Lipinski definition) is 6. The van der Waals surface area contributed by atoms with Crippen molar-refractivity contribution in [3.05, 3.63) is 64.7 Å². The van der Waals surface area contributed by atoms with Gasteiger partial charge in [0.05, 0.1) is 32.9 Å². The first kappa shape index (κ1) is 17.1. The summed E-state index contributed by atoms with van der Waals surface area (Å²) in [5.74, 6) is -0.466. The van der Waals surface area contributed by atoms with Crippen LogP contribution in [0.1, 0.15) is 33.3 Å². The zero-order chi connectivity index (χ0) is 19.0. The first-order chi connectivity index (χ1) is 13.0. The fourth-order valence-corrected chi connectivity index (χ4v) is 3.60. The van der Waals surface area contributed by atoms with E-state index in [1.807, 2.05) is 17.5 Å². The number of anilines is 1. The molecular formula is C20H15N3O3S. The van der Waals surface area contributed by atoms with Crippen LogP contribution in [0.4, 0.5) is 5.69 Å². The molecule has 6 nitrogen and oxygen atoms in total. The lowest BCUT2D eigenvalue weighted by atomic mass is 10.1. The molecule has 0 aliphatic heterocycles. The summed E-state index contributed by atoms with van der Waals surface area (Å²) in [7, 11) is 0. The highest BCUT2D eigenvalue weighted by atomic mass is 32.1. The van der Waals surface area contributed by atoms with Crippen molar-refractivity contribution in [1.82, 2.24) is 10.1 Å². The van der Waals surface area contributed by atoms with Crippen molar-refractivity contribution in [2.45, 2.75) is 13.8 Å². The smallest absolute Gasteiger partial charge is 0.259 e. The second-order valence-corrected chi connectivity index (χ2v) is 6.98. The second kappa shape index (κ2) is 6.77. The zero-order valence-electron chi connectivity index (χ0n) is 14.6. The van der Waals surface area contributed by atoms with Crippen LogP contribution in [0.15, 0.2) is 52.4 Å². The van der Waals surface area contributed by atoms with Crippen LogP contribution in [0.25, 0.3) is 21.7 Å². The maximum absolute atomic E-state index is 13.1. The van der Waals surface area contributed by atoms with E-state index >= 15 is 0 Å². The number of carbonyl (C=O) groups excluding carboxylic acids is 2. The summed E-state index contributed by atoms with van der Waals surface area (Å²) >= 11 is 1.52. The SMILES string of the molecule is CC(=O)c1ccccc1NC(=O)c1cc(-c2cccs2)nc2onc(C)c12. The van der Waals surface area contributed by atoms with Gasteiger partial charge in [0, 0.05) is 5.56 Å². The standard InChI is InChI=1S/C20H15N3O3S/c1-11-18-14(19(25)21-15-7-4-3-6-13(15)12(2)24)10-16(17-8-5-9-27-17)22-20(18)26-23-11/h3-10H,1-2H3,(H,21,25). The molecule has 1 amide bonds. The number of nitrogens with one attached hydrogen (secondary N) is 1. The van der Waals surface area contributed by atoms with Gasteiger partial charge in [0.1, 0.15) is 0 Å². The van der Waals surface area contributed by atoms with E-state index in [9.17, 15) is 9.59 Å². The van der Waals surface area contributed by atoms with Crippen LogP contribution in [0.3, 0.4) is 0 Å². The van der Waals surface area contributed by atoms with Crippen LogP contribution in [-0.4, -0.2) is 21.8 Å². The van der Waals surface area contributed by atoms with E-state index in [-0.39, 0.29) is 11.7 Å². The van der Waals surface area contributed by atoms with Crippen molar-refractivity contribution in [1.29, 1.82) is 0 Å². The number of nitrogens with zero attached hydrogens (tertiary/aromatic N) is 2. The molecule has 0 spiro atoms. The zero-order valence-corrected chi connectivity index (χ0v) is 15.5. The molecule has 3 aromatic heterocycles. The van der Waals surface area contributed by atoms with Gasteiger partial charge in [-0.2, -0.15) is 0 Å². The molecule has 0 unspecified atom stereocenters. The molecule has 0 aliphatic rings. The largest absolute Gasteiger partial charge is 0.335 e. The fourth-order valence-electron chi connectivity index (χ4n) is 2.91. The van der Waals surface area contributed by atoms with Crippen molar-refractivity contribution in [3.8, 4) is 10.6 Å². The van der Waals surface area contributed by atoms with Crippen molar-refractivity contribution in [2.24, 2.45) is 0 Å². The van der Waals surface area contributed by atoms with Gasteiger partial charge >= 0.3 is 0 Å². The van der Waals surface area contributed by atoms with Crippen molar-refractivity contribution >= 4 is 39.8 Å². The molecule has 0 saturated carbocycles. The molecule has 1 aromatic carbocycles. The quantitative estimate of drug-likeness (QED) is 0.520. The summed E-state index contributed by atoms with van der Waals surface area (Å²) in [6, 6.07) is 12.5. The summed E-state index contributed by atoms with van der Waals surface area (Å²) in [6.45, 7) is 3.23. The fraction of sp³-hybridized carbons (Fsp3) is 0.100. The van der Waals surface area contributed by atoms with E-state index in [1.54, 1.807) is 37.3 Å². The number of thiophene rings is 1. The Hall–Kier alpha value is -3.32. The monoisotopic (exact) mass is 377 g/mol. The van der Waals surface area contributed by atoms with E-state index in [0.29, 0.717) is 39.3 Å². The minimum atomic E-state index is -0.347. The van der Waals surface area contributed by atoms with Gasteiger partial charge in [0.15, 0.2) is 5.78 Å². The molecule has 3 heterocycles. The van der Waals surface area contributed by atoms with Gasteiger partial charge in [-0.25, -0.2) is 4.98 Å². The number of hydrogen-bond donors (Lipinski definition) is 1. The minimum Gasteiger partial charge on any atom is -0.335 e. The molecule has 4 aromatic rings. The first-order valence-electron chi connectivity index (χ1n) is 8.27. The van der Waals surface area contributed by atoms with Crippen LogP contribution in [0.2, 0.25) is 0 Å². The summed E-state index contributed by atoms with van der Waals surface area (Å²) in [5.41, 5.74) is 2.85. The Balaban J connectivity index is 1.82. The molecule has 0 bridgehead atoms.